The van der Waals surface area contributed by atoms with Crippen molar-refractivity contribution < 1.29 is 17.9 Å². The third kappa shape index (κ3) is 4.14. The van der Waals surface area contributed by atoms with Crippen molar-refractivity contribution >= 4 is 15.7 Å². The average Bonchev–Trinajstić information content (AvgIpc) is 2.61. The van der Waals surface area contributed by atoms with Crippen molar-refractivity contribution in [3.8, 4) is 11.5 Å². The SMILES string of the molecule is C=CCOc1ccc(N(CC)S(=O)(=O)c2ccc(OC)c(C)c2)cc1. The summed E-state index contributed by atoms with van der Waals surface area (Å²) in [7, 11) is -2.10. The van der Waals surface area contributed by atoms with Crippen LogP contribution in [-0.4, -0.2) is 28.7 Å². The normalized spacial score (nSPS) is 11.0. The Bertz CT molecular complexity index is 829. The van der Waals surface area contributed by atoms with Gasteiger partial charge >= 0.3 is 0 Å². The summed E-state index contributed by atoms with van der Waals surface area (Å²) in [5.74, 6) is 1.32. The van der Waals surface area contributed by atoms with Gasteiger partial charge in [-0.05, 0) is 61.9 Å². The van der Waals surface area contributed by atoms with Crippen LogP contribution < -0.4 is 13.8 Å². The summed E-state index contributed by atoms with van der Waals surface area (Å²) in [5, 5.41) is 0. The monoisotopic (exact) mass is 361 g/mol. The Hall–Kier alpha value is -2.47. The average molecular weight is 361 g/mol. The molecule has 0 saturated heterocycles. The number of hydrogen-bond acceptors (Lipinski definition) is 4. The van der Waals surface area contributed by atoms with Crippen molar-refractivity contribution in [3.63, 3.8) is 0 Å². The van der Waals surface area contributed by atoms with Gasteiger partial charge in [-0.15, -0.1) is 0 Å². The molecule has 2 aromatic carbocycles. The van der Waals surface area contributed by atoms with Gasteiger partial charge in [-0.2, -0.15) is 0 Å². The molecule has 0 atom stereocenters. The molecule has 0 spiro atoms. The Balaban J connectivity index is 2.35. The van der Waals surface area contributed by atoms with Gasteiger partial charge in [0, 0.05) is 6.54 Å². The van der Waals surface area contributed by atoms with Crippen molar-refractivity contribution in [1.29, 1.82) is 0 Å². The highest BCUT2D eigenvalue weighted by molar-refractivity contribution is 7.92. The smallest absolute Gasteiger partial charge is 0.264 e. The van der Waals surface area contributed by atoms with Crippen LogP contribution in [0.5, 0.6) is 11.5 Å². The summed E-state index contributed by atoms with van der Waals surface area (Å²) in [6, 6.07) is 11.8. The molecule has 0 heterocycles. The first-order chi connectivity index (χ1) is 11.9. The Labute approximate surface area is 149 Å². The predicted octanol–water partition coefficient (Wildman–Crippen LogP) is 3.78. The molecule has 2 aromatic rings. The minimum Gasteiger partial charge on any atom is -0.496 e. The van der Waals surface area contributed by atoms with Gasteiger partial charge in [-0.1, -0.05) is 12.7 Å². The molecule has 0 aromatic heterocycles. The van der Waals surface area contributed by atoms with E-state index in [0.717, 1.165) is 5.56 Å². The second-order valence-corrected chi connectivity index (χ2v) is 7.26. The lowest BCUT2D eigenvalue weighted by Gasteiger charge is -2.23. The first kappa shape index (κ1) is 18.9. The number of benzene rings is 2. The summed E-state index contributed by atoms with van der Waals surface area (Å²) in [5.41, 5.74) is 1.36. The lowest BCUT2D eigenvalue weighted by Crippen LogP contribution is -2.30. The van der Waals surface area contributed by atoms with E-state index in [2.05, 4.69) is 6.58 Å². The molecule has 0 fully saturated rings. The molecule has 0 saturated carbocycles. The topological polar surface area (TPSA) is 55.8 Å². The zero-order valence-electron chi connectivity index (χ0n) is 14.7. The highest BCUT2D eigenvalue weighted by atomic mass is 32.2. The lowest BCUT2D eigenvalue weighted by atomic mass is 10.2. The van der Waals surface area contributed by atoms with Gasteiger partial charge in [0.2, 0.25) is 0 Å². The van der Waals surface area contributed by atoms with Crippen LogP contribution in [0.3, 0.4) is 0 Å². The summed E-state index contributed by atoms with van der Waals surface area (Å²) >= 11 is 0. The van der Waals surface area contributed by atoms with Crippen LogP contribution in [-0.2, 0) is 10.0 Å². The van der Waals surface area contributed by atoms with E-state index in [1.807, 2.05) is 6.92 Å². The van der Waals surface area contributed by atoms with Gasteiger partial charge < -0.3 is 9.47 Å². The van der Waals surface area contributed by atoms with E-state index in [0.29, 0.717) is 30.3 Å². The molecule has 5 nitrogen and oxygen atoms in total. The standard InChI is InChI=1S/C19H23NO4S/c1-5-13-24-17-9-7-16(8-10-17)20(6-2)25(21,22)18-11-12-19(23-4)15(3)14-18/h5,7-12,14H,1,6,13H2,2-4H3. The number of anilines is 1. The summed E-state index contributed by atoms with van der Waals surface area (Å²) < 4.78 is 38.0. The Morgan fingerprint density at radius 3 is 2.36 bits per heavy atom. The molecule has 0 aliphatic heterocycles. The van der Waals surface area contributed by atoms with Crippen LogP contribution in [0.25, 0.3) is 0 Å². The fraction of sp³-hybridized carbons (Fsp3) is 0.263. The molecule has 0 bridgehead atoms. The zero-order valence-corrected chi connectivity index (χ0v) is 15.5. The Kier molecular flexibility index (Phi) is 6.09. The van der Waals surface area contributed by atoms with Crippen LogP contribution in [0.4, 0.5) is 5.69 Å². The second-order valence-electron chi connectivity index (χ2n) is 5.39. The molecule has 0 aliphatic rings. The third-order valence-corrected chi connectivity index (χ3v) is 5.63. The molecule has 0 radical (unpaired) electrons. The van der Waals surface area contributed by atoms with Gasteiger partial charge in [0.25, 0.3) is 10.0 Å². The Morgan fingerprint density at radius 2 is 1.84 bits per heavy atom. The second kappa shape index (κ2) is 8.07. The number of rotatable bonds is 8. The number of hydrogen-bond donors (Lipinski definition) is 0. The molecular formula is C19H23NO4S. The van der Waals surface area contributed by atoms with Crippen molar-refractivity contribution in [2.24, 2.45) is 0 Å². The minimum absolute atomic E-state index is 0.236. The van der Waals surface area contributed by atoms with Crippen molar-refractivity contribution in [3.05, 3.63) is 60.7 Å². The molecule has 6 heteroatoms. The van der Waals surface area contributed by atoms with Crippen LogP contribution in [0.1, 0.15) is 12.5 Å². The van der Waals surface area contributed by atoms with E-state index < -0.39 is 10.0 Å². The highest BCUT2D eigenvalue weighted by Crippen LogP contribution is 2.28. The first-order valence-electron chi connectivity index (χ1n) is 7.95. The number of sulfonamides is 1. The maximum atomic E-state index is 13.0. The first-order valence-corrected chi connectivity index (χ1v) is 9.39. The number of methoxy groups -OCH3 is 1. The van der Waals surface area contributed by atoms with E-state index in [-0.39, 0.29) is 4.90 Å². The van der Waals surface area contributed by atoms with E-state index >= 15 is 0 Å². The number of nitrogens with zero attached hydrogens (tertiary/aromatic N) is 1. The molecule has 0 amide bonds. The minimum atomic E-state index is -3.66. The molecule has 0 N–H and O–H groups in total. The van der Waals surface area contributed by atoms with Crippen LogP contribution in [0.15, 0.2) is 60.0 Å². The van der Waals surface area contributed by atoms with E-state index in [9.17, 15) is 8.42 Å². The summed E-state index contributed by atoms with van der Waals surface area (Å²) in [6.07, 6.45) is 1.66. The van der Waals surface area contributed by atoms with Crippen molar-refractivity contribution in [2.75, 3.05) is 24.6 Å². The molecule has 0 unspecified atom stereocenters. The number of ether oxygens (including phenoxy) is 2. The largest absolute Gasteiger partial charge is 0.496 e. The van der Waals surface area contributed by atoms with E-state index in [1.165, 1.54) is 4.31 Å². The van der Waals surface area contributed by atoms with Crippen LogP contribution in [0, 0.1) is 6.92 Å². The predicted molar refractivity (Wildman–Crippen MR) is 100 cm³/mol. The lowest BCUT2D eigenvalue weighted by molar-refractivity contribution is 0.363. The molecule has 2 rings (SSSR count). The molecule has 134 valence electrons. The zero-order chi connectivity index (χ0) is 18.4. The molecule has 25 heavy (non-hydrogen) atoms. The van der Waals surface area contributed by atoms with Gasteiger partial charge in [-0.3, -0.25) is 4.31 Å². The van der Waals surface area contributed by atoms with Gasteiger partial charge in [0.05, 0.1) is 17.7 Å². The van der Waals surface area contributed by atoms with Crippen LogP contribution >= 0.6 is 0 Å². The highest BCUT2D eigenvalue weighted by Gasteiger charge is 2.24. The van der Waals surface area contributed by atoms with Crippen molar-refractivity contribution in [2.45, 2.75) is 18.7 Å². The van der Waals surface area contributed by atoms with Gasteiger partial charge in [-0.25, -0.2) is 8.42 Å². The van der Waals surface area contributed by atoms with E-state index in [4.69, 9.17) is 9.47 Å². The van der Waals surface area contributed by atoms with Crippen molar-refractivity contribution in [1.82, 2.24) is 0 Å². The Morgan fingerprint density at radius 1 is 1.16 bits per heavy atom. The molecular weight excluding hydrogens is 338 g/mol. The third-order valence-electron chi connectivity index (χ3n) is 3.73. The molecule has 0 aliphatic carbocycles. The van der Waals surface area contributed by atoms with Crippen LogP contribution in [0.2, 0.25) is 0 Å². The summed E-state index contributed by atoms with van der Waals surface area (Å²) in [6.45, 7) is 7.94. The maximum absolute atomic E-state index is 13.0. The van der Waals surface area contributed by atoms with Gasteiger partial charge in [0.15, 0.2) is 0 Å². The quantitative estimate of drug-likeness (QED) is 0.672. The number of aryl methyl sites for hydroxylation is 1. The summed E-state index contributed by atoms with van der Waals surface area (Å²) in [4.78, 5) is 0.236. The maximum Gasteiger partial charge on any atom is 0.264 e. The van der Waals surface area contributed by atoms with Gasteiger partial charge in [0.1, 0.15) is 18.1 Å². The fourth-order valence-electron chi connectivity index (χ4n) is 2.49. The van der Waals surface area contributed by atoms with E-state index in [1.54, 1.807) is 62.6 Å². The fourth-order valence-corrected chi connectivity index (χ4v) is 4.05.